The third-order valence-electron chi connectivity index (χ3n) is 7.08. The van der Waals surface area contributed by atoms with Crippen molar-refractivity contribution in [3.8, 4) is 0 Å². The van der Waals surface area contributed by atoms with E-state index in [-0.39, 0.29) is 18.4 Å². The molecule has 0 N–H and O–H groups in total. The number of hydrogen-bond donors (Lipinski definition) is 0. The summed E-state index contributed by atoms with van der Waals surface area (Å²) >= 11 is 0. The zero-order valence-corrected chi connectivity index (χ0v) is 21.0. The topological polar surface area (TPSA) is 56.3 Å². The second kappa shape index (κ2) is 12.5. The minimum absolute atomic E-state index is 0.0375. The second-order valence-corrected chi connectivity index (χ2v) is 9.86. The predicted octanol–water partition coefficient (Wildman–Crippen LogP) is 2.84. The van der Waals surface area contributed by atoms with Gasteiger partial charge in [0.1, 0.15) is 6.61 Å². The van der Waals surface area contributed by atoms with Crippen LogP contribution in [-0.4, -0.2) is 92.6 Å². The number of fused-ring (bicyclic) bond motifs is 1. The Morgan fingerprint density at radius 1 is 1.00 bits per heavy atom. The SMILES string of the molecule is COCC(=O)N1CCCN(C(C)C)CCN(C(=O)CC2CCN(C)CC2)Cc2ccccc21. The monoisotopic (exact) mass is 458 g/mol. The quantitative estimate of drug-likeness (QED) is 0.679. The lowest BCUT2D eigenvalue weighted by molar-refractivity contribution is -0.133. The van der Waals surface area contributed by atoms with Crippen molar-refractivity contribution in [2.24, 2.45) is 5.92 Å². The summed E-state index contributed by atoms with van der Waals surface area (Å²) in [5, 5.41) is 0. The van der Waals surface area contributed by atoms with Crippen LogP contribution in [-0.2, 0) is 20.9 Å². The van der Waals surface area contributed by atoms with Crippen molar-refractivity contribution in [2.75, 3.05) is 64.9 Å². The molecule has 0 bridgehead atoms. The molecule has 33 heavy (non-hydrogen) atoms. The van der Waals surface area contributed by atoms with Crippen molar-refractivity contribution in [2.45, 2.75) is 52.1 Å². The molecule has 2 aliphatic rings. The fourth-order valence-electron chi connectivity index (χ4n) is 4.94. The van der Waals surface area contributed by atoms with Crippen molar-refractivity contribution in [3.63, 3.8) is 0 Å². The molecule has 184 valence electrons. The Balaban J connectivity index is 1.85. The highest BCUT2D eigenvalue weighted by Crippen LogP contribution is 2.26. The van der Waals surface area contributed by atoms with Gasteiger partial charge < -0.3 is 19.4 Å². The number of ether oxygens (including phenoxy) is 1. The van der Waals surface area contributed by atoms with Crippen LogP contribution in [0.5, 0.6) is 0 Å². The molecule has 1 fully saturated rings. The van der Waals surface area contributed by atoms with E-state index in [4.69, 9.17) is 4.74 Å². The first kappa shape index (κ1) is 25.7. The average molecular weight is 459 g/mol. The number of piperidine rings is 1. The zero-order chi connectivity index (χ0) is 23.8. The fourth-order valence-corrected chi connectivity index (χ4v) is 4.94. The van der Waals surface area contributed by atoms with E-state index in [1.165, 1.54) is 0 Å². The number of likely N-dealkylation sites (tertiary alicyclic amines) is 1. The number of hydrogen-bond acceptors (Lipinski definition) is 5. The highest BCUT2D eigenvalue weighted by Gasteiger charge is 2.26. The average Bonchev–Trinajstić information content (AvgIpc) is 2.83. The summed E-state index contributed by atoms with van der Waals surface area (Å²) < 4.78 is 5.17. The minimum Gasteiger partial charge on any atom is -0.375 e. The normalized spacial score (nSPS) is 19.9. The molecular formula is C26H42N4O3. The molecule has 7 heteroatoms. The Morgan fingerprint density at radius 3 is 2.42 bits per heavy atom. The number of carbonyl (C=O) groups is 2. The van der Waals surface area contributed by atoms with Gasteiger partial charge in [-0.25, -0.2) is 0 Å². The molecule has 3 rings (SSSR count). The molecule has 0 atom stereocenters. The number of methoxy groups -OCH3 is 1. The highest BCUT2D eigenvalue weighted by molar-refractivity contribution is 5.95. The molecular weight excluding hydrogens is 416 g/mol. The van der Waals surface area contributed by atoms with Crippen molar-refractivity contribution < 1.29 is 14.3 Å². The van der Waals surface area contributed by atoms with Gasteiger partial charge in [0.15, 0.2) is 0 Å². The Hall–Kier alpha value is -1.96. The molecule has 0 saturated carbocycles. The van der Waals surface area contributed by atoms with Crippen LogP contribution in [0.4, 0.5) is 5.69 Å². The van der Waals surface area contributed by atoms with E-state index in [9.17, 15) is 9.59 Å². The minimum atomic E-state index is -0.0375. The van der Waals surface area contributed by atoms with Crippen LogP contribution in [0.15, 0.2) is 24.3 Å². The third-order valence-corrected chi connectivity index (χ3v) is 7.08. The van der Waals surface area contributed by atoms with Gasteiger partial charge in [-0.15, -0.1) is 0 Å². The maximum atomic E-state index is 13.5. The van der Waals surface area contributed by atoms with E-state index in [1.54, 1.807) is 7.11 Å². The van der Waals surface area contributed by atoms with Gasteiger partial charge in [-0.3, -0.25) is 14.5 Å². The zero-order valence-electron chi connectivity index (χ0n) is 21.0. The van der Waals surface area contributed by atoms with Crippen LogP contribution in [0.25, 0.3) is 0 Å². The summed E-state index contributed by atoms with van der Waals surface area (Å²) in [7, 11) is 3.71. The number of anilines is 1. The Labute approximate surface area is 199 Å². The van der Waals surface area contributed by atoms with Crippen molar-refractivity contribution in [3.05, 3.63) is 29.8 Å². The van der Waals surface area contributed by atoms with Gasteiger partial charge in [0.2, 0.25) is 5.91 Å². The number of benzene rings is 1. The molecule has 0 radical (unpaired) electrons. The first-order valence-electron chi connectivity index (χ1n) is 12.5. The molecule has 0 spiro atoms. The van der Waals surface area contributed by atoms with Gasteiger partial charge in [0, 0.05) is 58.0 Å². The first-order chi connectivity index (χ1) is 15.9. The molecule has 2 aliphatic heterocycles. The van der Waals surface area contributed by atoms with Crippen LogP contribution >= 0.6 is 0 Å². The maximum Gasteiger partial charge on any atom is 0.252 e. The molecule has 1 saturated heterocycles. The summed E-state index contributed by atoms with van der Waals surface area (Å²) in [6.45, 7) is 10.2. The number of nitrogens with zero attached hydrogens (tertiary/aromatic N) is 4. The predicted molar refractivity (Wildman–Crippen MR) is 132 cm³/mol. The molecule has 1 aromatic carbocycles. The largest absolute Gasteiger partial charge is 0.375 e. The number of rotatable bonds is 5. The third kappa shape index (κ3) is 7.26. The molecule has 0 aliphatic carbocycles. The second-order valence-electron chi connectivity index (χ2n) is 9.86. The van der Waals surface area contributed by atoms with E-state index in [2.05, 4.69) is 36.8 Å². The standard InChI is InChI=1S/C26H42N4O3/c1-21(2)28-12-7-13-30(26(32)20-33-4)24-9-6-5-8-23(24)19-29(17-16-28)25(31)18-22-10-14-27(3)15-11-22/h5-6,8-9,21-22H,7,10-20H2,1-4H3. The maximum absolute atomic E-state index is 13.5. The first-order valence-corrected chi connectivity index (χ1v) is 12.5. The Bertz CT molecular complexity index is 777. The summed E-state index contributed by atoms with van der Waals surface area (Å²) in [5.41, 5.74) is 1.92. The van der Waals surface area contributed by atoms with Gasteiger partial charge in [-0.1, -0.05) is 18.2 Å². The summed E-state index contributed by atoms with van der Waals surface area (Å²) in [6, 6.07) is 8.41. The van der Waals surface area contributed by atoms with Crippen molar-refractivity contribution in [1.82, 2.24) is 14.7 Å². The Kier molecular flexibility index (Phi) is 9.71. The number of carbonyl (C=O) groups excluding carboxylic acids is 2. The highest BCUT2D eigenvalue weighted by atomic mass is 16.5. The summed E-state index contributed by atoms with van der Waals surface area (Å²) in [6.07, 6.45) is 3.67. The van der Waals surface area contributed by atoms with E-state index in [0.717, 1.165) is 56.7 Å². The molecule has 2 amide bonds. The molecule has 0 unspecified atom stereocenters. The smallest absolute Gasteiger partial charge is 0.252 e. The lowest BCUT2D eigenvalue weighted by Gasteiger charge is -2.32. The van der Waals surface area contributed by atoms with E-state index in [0.29, 0.717) is 38.0 Å². The van der Waals surface area contributed by atoms with Gasteiger partial charge in [-0.2, -0.15) is 0 Å². The summed E-state index contributed by atoms with van der Waals surface area (Å²) in [4.78, 5) is 35.1. The lowest BCUT2D eigenvalue weighted by Crippen LogP contribution is -2.42. The lowest BCUT2D eigenvalue weighted by atomic mass is 9.93. The molecule has 1 aromatic rings. The van der Waals surface area contributed by atoms with Crippen LogP contribution < -0.4 is 4.90 Å². The number of amides is 2. The van der Waals surface area contributed by atoms with E-state index >= 15 is 0 Å². The van der Waals surface area contributed by atoms with Crippen LogP contribution in [0.1, 0.15) is 45.1 Å². The van der Waals surface area contributed by atoms with Crippen molar-refractivity contribution >= 4 is 17.5 Å². The van der Waals surface area contributed by atoms with Crippen LogP contribution in [0, 0.1) is 5.92 Å². The molecule has 7 nitrogen and oxygen atoms in total. The van der Waals surface area contributed by atoms with Crippen molar-refractivity contribution in [1.29, 1.82) is 0 Å². The van der Waals surface area contributed by atoms with Gasteiger partial charge in [0.25, 0.3) is 5.91 Å². The van der Waals surface area contributed by atoms with Gasteiger partial charge in [-0.05, 0) is 70.8 Å². The Morgan fingerprint density at radius 2 is 1.73 bits per heavy atom. The number of para-hydroxylation sites is 1. The van der Waals surface area contributed by atoms with Crippen LogP contribution in [0.2, 0.25) is 0 Å². The van der Waals surface area contributed by atoms with Gasteiger partial charge in [0.05, 0.1) is 0 Å². The summed E-state index contributed by atoms with van der Waals surface area (Å²) in [5.74, 6) is 0.657. The van der Waals surface area contributed by atoms with E-state index < -0.39 is 0 Å². The van der Waals surface area contributed by atoms with Crippen LogP contribution in [0.3, 0.4) is 0 Å². The molecule has 0 aromatic heterocycles. The van der Waals surface area contributed by atoms with E-state index in [1.807, 2.05) is 28.0 Å². The fraction of sp³-hybridized carbons (Fsp3) is 0.692. The van der Waals surface area contributed by atoms with Gasteiger partial charge >= 0.3 is 0 Å². The molecule has 2 heterocycles.